The molecule has 0 radical (unpaired) electrons. The van der Waals surface area contributed by atoms with Crippen LogP contribution in [-0.2, 0) is 14.4 Å². The highest BCUT2D eigenvalue weighted by Crippen LogP contribution is 2.23. The lowest BCUT2D eigenvalue weighted by Crippen LogP contribution is -2.51. The van der Waals surface area contributed by atoms with Crippen LogP contribution in [0.15, 0.2) is 42.6 Å². The Morgan fingerprint density at radius 1 is 1.03 bits per heavy atom. The van der Waals surface area contributed by atoms with Crippen LogP contribution in [0.2, 0.25) is 0 Å². The van der Waals surface area contributed by atoms with E-state index in [0.717, 1.165) is 11.1 Å². The molecule has 2 aromatic rings. The molecular weight excluding hydrogens is 368 g/mol. The Hall–Kier alpha value is -3.22. The van der Waals surface area contributed by atoms with Crippen molar-refractivity contribution in [1.82, 2.24) is 4.98 Å². The monoisotopic (exact) mass is 396 g/mol. The van der Waals surface area contributed by atoms with Crippen LogP contribution < -0.4 is 16.0 Å². The van der Waals surface area contributed by atoms with Crippen molar-refractivity contribution in [3.8, 4) is 0 Å². The molecule has 7 nitrogen and oxygen atoms in total. The van der Waals surface area contributed by atoms with Crippen molar-refractivity contribution in [2.24, 2.45) is 11.7 Å². The highest BCUT2D eigenvalue weighted by molar-refractivity contribution is 6.02. The summed E-state index contributed by atoms with van der Waals surface area (Å²) in [6.07, 6.45) is 1.53. The number of aromatic nitrogens is 1. The lowest BCUT2D eigenvalue weighted by atomic mass is 10.00. The van der Waals surface area contributed by atoms with Crippen molar-refractivity contribution >= 4 is 29.2 Å². The smallest absolute Gasteiger partial charge is 0.240 e. The predicted octanol–water partition coefficient (Wildman–Crippen LogP) is 2.96. The number of carbonyl (C=O) groups is 3. The molecule has 1 unspecified atom stereocenters. The van der Waals surface area contributed by atoms with Crippen LogP contribution in [0.1, 0.15) is 37.8 Å². The minimum Gasteiger partial charge on any atom is -0.368 e. The normalized spacial score (nSPS) is 11.8. The maximum Gasteiger partial charge on any atom is 0.240 e. The zero-order chi connectivity index (χ0) is 21.6. The van der Waals surface area contributed by atoms with E-state index in [1.54, 1.807) is 24.4 Å². The summed E-state index contributed by atoms with van der Waals surface area (Å²) in [5, 5.41) is 2.69. The molecule has 3 N–H and O–H groups in total. The van der Waals surface area contributed by atoms with Crippen molar-refractivity contribution in [2.45, 2.75) is 46.6 Å². The lowest BCUT2D eigenvalue weighted by molar-refractivity contribution is -0.126. The van der Waals surface area contributed by atoms with Crippen LogP contribution in [0.25, 0.3) is 0 Å². The topological polar surface area (TPSA) is 105 Å². The summed E-state index contributed by atoms with van der Waals surface area (Å²) in [6, 6.07) is 10.1. The minimum absolute atomic E-state index is 0.0274. The number of hydrogen-bond acceptors (Lipinski definition) is 4. The van der Waals surface area contributed by atoms with E-state index < -0.39 is 11.9 Å². The third-order valence-electron chi connectivity index (χ3n) is 4.53. The lowest BCUT2D eigenvalue weighted by Gasteiger charge is -2.32. The molecule has 3 amide bonds. The fourth-order valence-corrected chi connectivity index (χ4v) is 3.07. The molecule has 0 saturated carbocycles. The zero-order valence-electron chi connectivity index (χ0n) is 17.3. The number of aryl methyl sites for hydroxylation is 2. The first-order chi connectivity index (χ1) is 13.7. The van der Waals surface area contributed by atoms with Crippen molar-refractivity contribution in [3.05, 3.63) is 53.7 Å². The third-order valence-corrected chi connectivity index (χ3v) is 4.53. The van der Waals surface area contributed by atoms with Gasteiger partial charge in [0, 0.05) is 24.7 Å². The van der Waals surface area contributed by atoms with Crippen LogP contribution in [0, 0.1) is 19.8 Å². The quantitative estimate of drug-likeness (QED) is 0.715. The average Bonchev–Trinajstić information content (AvgIpc) is 2.64. The number of benzene rings is 1. The second-order valence-electron chi connectivity index (χ2n) is 7.46. The molecular formula is C22H28N4O3. The van der Waals surface area contributed by atoms with Gasteiger partial charge in [0.05, 0.1) is 0 Å². The van der Waals surface area contributed by atoms with Gasteiger partial charge in [-0.1, -0.05) is 31.5 Å². The molecule has 1 aromatic heterocycles. The maximum atomic E-state index is 13.0. The summed E-state index contributed by atoms with van der Waals surface area (Å²) >= 11 is 0. The van der Waals surface area contributed by atoms with Crippen molar-refractivity contribution in [3.63, 3.8) is 0 Å². The van der Waals surface area contributed by atoms with Crippen LogP contribution in [-0.4, -0.2) is 28.7 Å². The fraction of sp³-hybridized carbons (Fsp3) is 0.364. The fourth-order valence-electron chi connectivity index (χ4n) is 3.07. The van der Waals surface area contributed by atoms with E-state index in [4.69, 9.17) is 5.73 Å². The van der Waals surface area contributed by atoms with E-state index in [1.807, 2.05) is 45.9 Å². The second kappa shape index (κ2) is 9.82. The Morgan fingerprint density at radius 3 is 2.24 bits per heavy atom. The number of anilines is 2. The summed E-state index contributed by atoms with van der Waals surface area (Å²) in [7, 11) is 0. The molecule has 0 aliphatic rings. The molecule has 0 saturated heterocycles. The molecule has 2 rings (SSSR count). The standard InChI is InChI=1S/C22H28N4O3/c1-14(2)21(22(23)29)26(17-7-5-15(3)6-8-17)20(28)10-9-19(27)25-18-13-16(4)11-12-24-18/h5-8,11-14,21H,9-10H2,1-4H3,(H2,23,29)(H,24,25,27). The number of nitrogens with one attached hydrogen (secondary N) is 1. The van der Waals surface area contributed by atoms with E-state index >= 15 is 0 Å². The summed E-state index contributed by atoms with van der Waals surface area (Å²) < 4.78 is 0. The molecule has 0 bridgehead atoms. The Kier molecular flexibility index (Phi) is 7.47. The number of amides is 3. The Bertz CT molecular complexity index is 878. The first kappa shape index (κ1) is 22.1. The molecule has 0 fully saturated rings. The number of nitrogens with zero attached hydrogens (tertiary/aromatic N) is 2. The van der Waals surface area contributed by atoms with Gasteiger partial charge in [0.25, 0.3) is 0 Å². The number of nitrogens with two attached hydrogens (primary N) is 1. The van der Waals surface area contributed by atoms with Crippen LogP contribution in [0.3, 0.4) is 0 Å². The minimum atomic E-state index is -0.799. The predicted molar refractivity (Wildman–Crippen MR) is 113 cm³/mol. The van der Waals surface area contributed by atoms with E-state index in [1.165, 1.54) is 4.90 Å². The summed E-state index contributed by atoms with van der Waals surface area (Å²) in [5.74, 6) is -0.973. The van der Waals surface area contributed by atoms with Crippen LogP contribution >= 0.6 is 0 Å². The molecule has 0 aliphatic heterocycles. The largest absolute Gasteiger partial charge is 0.368 e. The first-order valence-electron chi connectivity index (χ1n) is 9.59. The van der Waals surface area contributed by atoms with Crippen LogP contribution in [0.5, 0.6) is 0 Å². The Morgan fingerprint density at radius 2 is 1.69 bits per heavy atom. The molecule has 1 aromatic carbocycles. The highest BCUT2D eigenvalue weighted by atomic mass is 16.2. The van der Waals surface area contributed by atoms with Gasteiger partial charge in [0.1, 0.15) is 11.9 Å². The van der Waals surface area contributed by atoms with Gasteiger partial charge in [-0.15, -0.1) is 0 Å². The summed E-state index contributed by atoms with van der Waals surface area (Å²) in [6.45, 7) is 7.50. The number of pyridine rings is 1. The van der Waals surface area contributed by atoms with Gasteiger partial charge in [-0.25, -0.2) is 4.98 Å². The van der Waals surface area contributed by atoms with Gasteiger partial charge in [-0.3, -0.25) is 19.3 Å². The highest BCUT2D eigenvalue weighted by Gasteiger charge is 2.32. The van der Waals surface area contributed by atoms with Gasteiger partial charge in [0.15, 0.2) is 0 Å². The average molecular weight is 396 g/mol. The third kappa shape index (κ3) is 6.14. The van der Waals surface area contributed by atoms with E-state index in [2.05, 4.69) is 10.3 Å². The molecule has 1 atom stereocenters. The zero-order valence-corrected chi connectivity index (χ0v) is 17.3. The van der Waals surface area contributed by atoms with Crippen molar-refractivity contribution < 1.29 is 14.4 Å². The number of hydrogen-bond donors (Lipinski definition) is 2. The first-order valence-corrected chi connectivity index (χ1v) is 9.59. The molecule has 29 heavy (non-hydrogen) atoms. The van der Waals surface area contributed by atoms with Gasteiger partial charge in [-0.2, -0.15) is 0 Å². The van der Waals surface area contributed by atoms with Gasteiger partial charge in [0.2, 0.25) is 17.7 Å². The SMILES string of the molecule is Cc1ccc(N(C(=O)CCC(=O)Nc2cc(C)ccn2)C(C(N)=O)C(C)C)cc1. The van der Waals surface area contributed by atoms with Gasteiger partial charge < -0.3 is 11.1 Å². The number of primary amides is 1. The van der Waals surface area contributed by atoms with E-state index in [0.29, 0.717) is 11.5 Å². The molecule has 1 heterocycles. The molecule has 0 aliphatic carbocycles. The number of rotatable bonds is 8. The Labute approximate surface area is 171 Å². The van der Waals surface area contributed by atoms with E-state index in [9.17, 15) is 14.4 Å². The Balaban J connectivity index is 2.15. The van der Waals surface area contributed by atoms with E-state index in [-0.39, 0.29) is 30.6 Å². The second-order valence-corrected chi connectivity index (χ2v) is 7.46. The van der Waals surface area contributed by atoms with Gasteiger partial charge in [-0.05, 0) is 49.6 Å². The van der Waals surface area contributed by atoms with Crippen LogP contribution in [0.4, 0.5) is 11.5 Å². The summed E-state index contributed by atoms with van der Waals surface area (Å²) in [5.41, 5.74) is 8.18. The maximum absolute atomic E-state index is 13.0. The molecule has 0 spiro atoms. The molecule has 154 valence electrons. The summed E-state index contributed by atoms with van der Waals surface area (Å²) in [4.78, 5) is 42.8. The van der Waals surface area contributed by atoms with Crippen molar-refractivity contribution in [1.29, 1.82) is 0 Å². The van der Waals surface area contributed by atoms with Crippen molar-refractivity contribution in [2.75, 3.05) is 10.2 Å². The molecule has 7 heteroatoms. The van der Waals surface area contributed by atoms with Gasteiger partial charge >= 0.3 is 0 Å². The number of carbonyl (C=O) groups excluding carboxylic acids is 3.